The van der Waals surface area contributed by atoms with E-state index in [1.54, 1.807) is 18.2 Å². The molecular weight excluding hydrogens is 370 g/mol. The van der Waals surface area contributed by atoms with Crippen molar-refractivity contribution in [3.8, 4) is 0 Å². The van der Waals surface area contributed by atoms with Crippen molar-refractivity contribution in [1.82, 2.24) is 19.4 Å². The first-order chi connectivity index (χ1) is 13.9. The molecule has 1 aliphatic rings. The third-order valence-corrected chi connectivity index (χ3v) is 5.13. The molecule has 1 fully saturated rings. The number of benzene rings is 1. The zero-order valence-electron chi connectivity index (χ0n) is 16.9. The highest BCUT2D eigenvalue weighted by Gasteiger charge is 2.19. The maximum Gasteiger partial charge on any atom is 0.269 e. The van der Waals surface area contributed by atoms with Gasteiger partial charge in [-0.1, -0.05) is 13.8 Å². The fourth-order valence-electron chi connectivity index (χ4n) is 3.43. The summed E-state index contributed by atoms with van der Waals surface area (Å²) in [6.45, 7) is 9.24. The van der Waals surface area contributed by atoms with Gasteiger partial charge in [0.2, 0.25) is 5.91 Å². The Bertz CT molecular complexity index is 865. The van der Waals surface area contributed by atoms with Crippen molar-refractivity contribution in [2.45, 2.75) is 26.3 Å². The number of hydrogen-bond acceptors (Lipinski definition) is 5. The van der Waals surface area contributed by atoms with E-state index in [-0.39, 0.29) is 11.6 Å². The van der Waals surface area contributed by atoms with Crippen LogP contribution in [0.1, 0.15) is 31.2 Å². The number of nitro benzene ring substituents is 1. The lowest BCUT2D eigenvalue weighted by Crippen LogP contribution is -2.48. The Morgan fingerprint density at radius 2 is 1.86 bits per heavy atom. The van der Waals surface area contributed by atoms with Gasteiger partial charge in [0, 0.05) is 75.8 Å². The molecule has 1 aromatic carbocycles. The quantitative estimate of drug-likeness (QED) is 0.407. The highest BCUT2D eigenvalue weighted by Crippen LogP contribution is 2.14. The monoisotopic (exact) mass is 397 g/mol. The van der Waals surface area contributed by atoms with Crippen molar-refractivity contribution in [2.24, 2.45) is 0 Å². The van der Waals surface area contributed by atoms with Gasteiger partial charge in [-0.25, -0.2) is 4.98 Å². The number of carbonyl (C=O) groups is 1. The summed E-state index contributed by atoms with van der Waals surface area (Å²) in [7, 11) is 0. The Labute approximate surface area is 170 Å². The molecule has 8 nitrogen and oxygen atoms in total. The Morgan fingerprint density at radius 3 is 2.48 bits per heavy atom. The lowest BCUT2D eigenvalue weighted by molar-refractivity contribution is -0.384. The summed E-state index contributed by atoms with van der Waals surface area (Å²) in [5.41, 5.74) is 0.810. The third kappa shape index (κ3) is 5.51. The van der Waals surface area contributed by atoms with E-state index in [0.717, 1.165) is 37.6 Å². The zero-order chi connectivity index (χ0) is 20.8. The van der Waals surface area contributed by atoms with E-state index in [9.17, 15) is 14.9 Å². The topological polar surface area (TPSA) is 84.5 Å². The second-order valence-corrected chi connectivity index (χ2v) is 7.48. The van der Waals surface area contributed by atoms with Crippen molar-refractivity contribution >= 4 is 17.7 Å². The average Bonchev–Trinajstić information content (AvgIpc) is 3.20. The molecule has 0 spiro atoms. The molecule has 0 atom stereocenters. The molecule has 154 valence electrons. The summed E-state index contributed by atoms with van der Waals surface area (Å²) in [6, 6.07) is 6.16. The summed E-state index contributed by atoms with van der Waals surface area (Å²) in [4.78, 5) is 31.3. The van der Waals surface area contributed by atoms with Gasteiger partial charge < -0.3 is 9.47 Å². The summed E-state index contributed by atoms with van der Waals surface area (Å²) < 4.78 is 2.20. The molecule has 0 radical (unpaired) electrons. The molecule has 0 unspecified atom stereocenters. The van der Waals surface area contributed by atoms with E-state index >= 15 is 0 Å². The van der Waals surface area contributed by atoms with Crippen LogP contribution in [0.3, 0.4) is 0 Å². The average molecular weight is 397 g/mol. The molecule has 0 N–H and O–H groups in total. The minimum absolute atomic E-state index is 0.0280. The number of amides is 1. The lowest BCUT2D eigenvalue weighted by atomic mass is 10.2. The highest BCUT2D eigenvalue weighted by molar-refractivity contribution is 5.91. The number of piperazine rings is 1. The first kappa shape index (κ1) is 20.7. The van der Waals surface area contributed by atoms with Gasteiger partial charge in [-0.05, 0) is 23.8 Å². The van der Waals surface area contributed by atoms with Gasteiger partial charge in [0.05, 0.1) is 4.92 Å². The molecule has 1 aromatic heterocycles. The Kier molecular flexibility index (Phi) is 6.77. The predicted molar refractivity (Wildman–Crippen MR) is 111 cm³/mol. The molecule has 3 rings (SSSR count). The molecule has 0 aliphatic carbocycles. The van der Waals surface area contributed by atoms with E-state index < -0.39 is 4.92 Å². The van der Waals surface area contributed by atoms with Gasteiger partial charge >= 0.3 is 0 Å². The highest BCUT2D eigenvalue weighted by atomic mass is 16.6. The molecule has 8 heteroatoms. The first-order valence-electron chi connectivity index (χ1n) is 9.89. The molecule has 1 aliphatic heterocycles. The SMILES string of the molecule is CC(C)c1nccn1CCN1CCN(C(=O)/C=C/c2ccc([N+](=O)[O-])cc2)CC1. The van der Waals surface area contributed by atoms with Crippen LogP contribution >= 0.6 is 0 Å². The Balaban J connectivity index is 1.45. The smallest absolute Gasteiger partial charge is 0.269 e. The van der Waals surface area contributed by atoms with Crippen LogP contribution in [-0.4, -0.2) is 62.9 Å². The molecular formula is C21H27N5O3. The third-order valence-electron chi connectivity index (χ3n) is 5.13. The fourth-order valence-corrected chi connectivity index (χ4v) is 3.43. The van der Waals surface area contributed by atoms with E-state index in [4.69, 9.17) is 0 Å². The van der Waals surface area contributed by atoms with Crippen LogP contribution in [0.5, 0.6) is 0 Å². The molecule has 2 aromatic rings. The van der Waals surface area contributed by atoms with Gasteiger partial charge in [0.1, 0.15) is 5.82 Å². The maximum atomic E-state index is 12.4. The summed E-state index contributed by atoms with van der Waals surface area (Å²) in [5.74, 6) is 1.48. The van der Waals surface area contributed by atoms with Gasteiger partial charge in [0.15, 0.2) is 0 Å². The predicted octanol–water partition coefficient (Wildman–Crippen LogP) is 2.77. The number of nitrogens with zero attached hydrogens (tertiary/aromatic N) is 5. The zero-order valence-corrected chi connectivity index (χ0v) is 16.9. The van der Waals surface area contributed by atoms with Gasteiger partial charge in [-0.3, -0.25) is 19.8 Å². The van der Waals surface area contributed by atoms with Crippen molar-refractivity contribution in [2.75, 3.05) is 32.7 Å². The number of imidazole rings is 1. The van der Waals surface area contributed by atoms with E-state index in [1.807, 2.05) is 17.3 Å². The number of non-ortho nitro benzene ring substituents is 1. The summed E-state index contributed by atoms with van der Waals surface area (Å²) >= 11 is 0. The molecule has 1 saturated heterocycles. The van der Waals surface area contributed by atoms with Crippen LogP contribution in [0.25, 0.3) is 6.08 Å². The Hall–Kier alpha value is -3.00. The number of aromatic nitrogens is 2. The number of nitro groups is 1. The minimum atomic E-state index is -0.436. The van der Waals surface area contributed by atoms with Crippen molar-refractivity contribution in [3.05, 3.63) is 64.2 Å². The second kappa shape index (κ2) is 9.47. The number of hydrogen-bond donors (Lipinski definition) is 0. The summed E-state index contributed by atoms with van der Waals surface area (Å²) in [5, 5.41) is 10.7. The van der Waals surface area contributed by atoms with Gasteiger partial charge in [-0.15, -0.1) is 0 Å². The maximum absolute atomic E-state index is 12.4. The van der Waals surface area contributed by atoms with E-state index in [0.29, 0.717) is 19.0 Å². The van der Waals surface area contributed by atoms with E-state index in [2.05, 4.69) is 28.3 Å². The number of carbonyl (C=O) groups excluding carboxylic acids is 1. The summed E-state index contributed by atoms with van der Waals surface area (Å²) in [6.07, 6.45) is 7.11. The lowest BCUT2D eigenvalue weighted by Gasteiger charge is -2.34. The van der Waals surface area contributed by atoms with Crippen LogP contribution < -0.4 is 0 Å². The standard InChI is InChI=1S/C21H27N5O3/c1-17(2)21-22-9-10-25(21)16-13-23-11-14-24(15-12-23)20(27)8-5-18-3-6-19(7-4-18)26(28)29/h3-10,17H,11-16H2,1-2H3/b8-5+. The first-order valence-corrected chi connectivity index (χ1v) is 9.89. The van der Waals surface area contributed by atoms with Gasteiger partial charge in [-0.2, -0.15) is 0 Å². The molecule has 0 bridgehead atoms. The van der Waals surface area contributed by atoms with E-state index in [1.165, 1.54) is 18.2 Å². The fraction of sp³-hybridized carbons (Fsp3) is 0.429. The largest absolute Gasteiger partial charge is 0.337 e. The van der Waals surface area contributed by atoms with Crippen molar-refractivity contribution in [3.63, 3.8) is 0 Å². The van der Waals surface area contributed by atoms with Crippen LogP contribution in [-0.2, 0) is 11.3 Å². The molecule has 2 heterocycles. The van der Waals surface area contributed by atoms with Crippen LogP contribution in [0.2, 0.25) is 0 Å². The van der Waals surface area contributed by atoms with Crippen LogP contribution in [0, 0.1) is 10.1 Å². The molecule has 29 heavy (non-hydrogen) atoms. The van der Waals surface area contributed by atoms with Crippen LogP contribution in [0.15, 0.2) is 42.7 Å². The normalized spacial score (nSPS) is 15.3. The second-order valence-electron chi connectivity index (χ2n) is 7.48. The molecule has 0 saturated carbocycles. The van der Waals surface area contributed by atoms with Crippen LogP contribution in [0.4, 0.5) is 5.69 Å². The minimum Gasteiger partial charge on any atom is -0.337 e. The van der Waals surface area contributed by atoms with Crippen molar-refractivity contribution < 1.29 is 9.72 Å². The number of rotatable bonds is 7. The molecule has 1 amide bonds. The Morgan fingerprint density at radius 1 is 1.17 bits per heavy atom. The van der Waals surface area contributed by atoms with Crippen molar-refractivity contribution in [1.29, 1.82) is 0 Å². The van der Waals surface area contributed by atoms with Gasteiger partial charge in [0.25, 0.3) is 5.69 Å².